The van der Waals surface area contributed by atoms with Crippen molar-refractivity contribution in [3.63, 3.8) is 0 Å². The Morgan fingerprint density at radius 1 is 1.44 bits per heavy atom. The summed E-state index contributed by atoms with van der Waals surface area (Å²) in [4.78, 5) is 4.12. The molecule has 2 unspecified atom stereocenters. The predicted octanol–water partition coefficient (Wildman–Crippen LogP) is 1.66. The molecule has 5 nitrogen and oxygen atoms in total. The molecule has 0 amide bonds. The zero-order chi connectivity index (χ0) is 12.4. The van der Waals surface area contributed by atoms with Gasteiger partial charge in [0.2, 0.25) is 0 Å². The van der Waals surface area contributed by atoms with Gasteiger partial charge in [-0.15, -0.1) is 0 Å². The number of ether oxygens (including phenoxy) is 1. The first-order valence-corrected chi connectivity index (χ1v) is 6.14. The van der Waals surface area contributed by atoms with Gasteiger partial charge in [0.05, 0.1) is 13.2 Å². The summed E-state index contributed by atoms with van der Waals surface area (Å²) in [6.07, 6.45) is 1.53. The standard InChI is InChI=1S/C13H16N4O/c1-9-7-18-11-5-3-2-4-10(11)13(9)14-6-12-15-8-16-17-12/h2-5,8-9,13-14H,6-7H2,1H3,(H,15,16,17). The molecule has 94 valence electrons. The minimum Gasteiger partial charge on any atom is -0.493 e. The Morgan fingerprint density at radius 3 is 3.17 bits per heavy atom. The van der Waals surface area contributed by atoms with Crippen LogP contribution in [0.5, 0.6) is 5.75 Å². The van der Waals surface area contributed by atoms with Gasteiger partial charge in [0.25, 0.3) is 0 Å². The molecule has 2 N–H and O–H groups in total. The summed E-state index contributed by atoms with van der Waals surface area (Å²) >= 11 is 0. The number of para-hydroxylation sites is 1. The third-order valence-electron chi connectivity index (χ3n) is 3.28. The summed E-state index contributed by atoms with van der Waals surface area (Å²) in [7, 11) is 0. The molecular formula is C13H16N4O. The first kappa shape index (κ1) is 11.2. The highest BCUT2D eigenvalue weighted by molar-refractivity contribution is 5.37. The Labute approximate surface area is 106 Å². The fourth-order valence-electron chi connectivity index (χ4n) is 2.33. The molecule has 1 aliphatic rings. The summed E-state index contributed by atoms with van der Waals surface area (Å²) in [5.41, 5.74) is 1.22. The molecule has 0 bridgehead atoms. The molecule has 0 saturated heterocycles. The third kappa shape index (κ3) is 2.09. The first-order valence-electron chi connectivity index (χ1n) is 6.14. The fraction of sp³-hybridized carbons (Fsp3) is 0.385. The number of nitrogens with zero attached hydrogens (tertiary/aromatic N) is 2. The van der Waals surface area contributed by atoms with Crippen LogP contribution in [0.25, 0.3) is 0 Å². The lowest BCUT2D eigenvalue weighted by Gasteiger charge is -2.32. The molecule has 2 aromatic rings. The van der Waals surface area contributed by atoms with Gasteiger partial charge in [-0.3, -0.25) is 5.10 Å². The van der Waals surface area contributed by atoms with Crippen molar-refractivity contribution in [3.8, 4) is 5.75 Å². The van der Waals surface area contributed by atoms with Crippen LogP contribution in [-0.4, -0.2) is 21.8 Å². The molecule has 1 aromatic heterocycles. The molecule has 0 aliphatic carbocycles. The van der Waals surface area contributed by atoms with E-state index in [1.165, 1.54) is 11.9 Å². The van der Waals surface area contributed by atoms with E-state index < -0.39 is 0 Å². The van der Waals surface area contributed by atoms with Crippen LogP contribution in [-0.2, 0) is 6.54 Å². The first-order chi connectivity index (χ1) is 8.84. The number of fused-ring (bicyclic) bond motifs is 1. The number of aromatic amines is 1. The number of hydrogen-bond acceptors (Lipinski definition) is 4. The van der Waals surface area contributed by atoms with Gasteiger partial charge in [-0.1, -0.05) is 25.1 Å². The molecule has 0 saturated carbocycles. The van der Waals surface area contributed by atoms with Crippen LogP contribution < -0.4 is 10.1 Å². The minimum absolute atomic E-state index is 0.292. The van der Waals surface area contributed by atoms with Crippen LogP contribution in [0, 0.1) is 5.92 Å². The van der Waals surface area contributed by atoms with E-state index in [1.54, 1.807) is 0 Å². The Balaban J connectivity index is 1.78. The third-order valence-corrected chi connectivity index (χ3v) is 3.28. The van der Waals surface area contributed by atoms with E-state index in [-0.39, 0.29) is 0 Å². The van der Waals surface area contributed by atoms with Gasteiger partial charge >= 0.3 is 0 Å². The topological polar surface area (TPSA) is 62.8 Å². The lowest BCUT2D eigenvalue weighted by Crippen LogP contribution is -2.33. The van der Waals surface area contributed by atoms with Crippen LogP contribution >= 0.6 is 0 Å². The van der Waals surface area contributed by atoms with Crippen LogP contribution in [0.2, 0.25) is 0 Å². The molecule has 3 rings (SSSR count). The maximum absolute atomic E-state index is 5.73. The highest BCUT2D eigenvalue weighted by atomic mass is 16.5. The average Bonchev–Trinajstić information content (AvgIpc) is 2.91. The number of aromatic nitrogens is 3. The minimum atomic E-state index is 0.292. The Morgan fingerprint density at radius 2 is 2.33 bits per heavy atom. The zero-order valence-corrected chi connectivity index (χ0v) is 10.3. The number of hydrogen-bond donors (Lipinski definition) is 2. The van der Waals surface area contributed by atoms with Gasteiger partial charge in [-0.05, 0) is 6.07 Å². The summed E-state index contributed by atoms with van der Waals surface area (Å²) in [6.45, 7) is 3.61. The van der Waals surface area contributed by atoms with E-state index in [1.807, 2.05) is 18.2 Å². The number of rotatable bonds is 3. The van der Waals surface area contributed by atoms with Crippen molar-refractivity contribution in [2.24, 2.45) is 5.92 Å². The Hall–Kier alpha value is -1.88. The molecule has 1 aromatic carbocycles. The smallest absolute Gasteiger partial charge is 0.138 e. The van der Waals surface area contributed by atoms with Crippen molar-refractivity contribution in [1.29, 1.82) is 0 Å². The second kappa shape index (κ2) is 4.78. The molecule has 0 radical (unpaired) electrons. The lowest BCUT2D eigenvalue weighted by molar-refractivity contribution is 0.187. The van der Waals surface area contributed by atoms with Gasteiger partial charge in [0.15, 0.2) is 0 Å². The van der Waals surface area contributed by atoms with Crippen molar-refractivity contribution < 1.29 is 4.74 Å². The van der Waals surface area contributed by atoms with E-state index in [9.17, 15) is 0 Å². The molecule has 18 heavy (non-hydrogen) atoms. The monoisotopic (exact) mass is 244 g/mol. The van der Waals surface area contributed by atoms with Crippen molar-refractivity contribution in [1.82, 2.24) is 20.5 Å². The van der Waals surface area contributed by atoms with E-state index in [0.717, 1.165) is 18.2 Å². The van der Waals surface area contributed by atoms with Gasteiger partial charge in [-0.25, -0.2) is 4.98 Å². The number of benzene rings is 1. The van der Waals surface area contributed by atoms with Crippen molar-refractivity contribution >= 4 is 0 Å². The lowest BCUT2D eigenvalue weighted by atomic mass is 9.92. The number of nitrogens with one attached hydrogen (secondary N) is 2. The molecule has 1 aliphatic heterocycles. The van der Waals surface area contributed by atoms with E-state index in [2.05, 4.69) is 33.5 Å². The van der Waals surface area contributed by atoms with E-state index in [0.29, 0.717) is 18.5 Å². The quantitative estimate of drug-likeness (QED) is 0.862. The fourth-order valence-corrected chi connectivity index (χ4v) is 2.33. The summed E-state index contributed by atoms with van der Waals surface area (Å²) in [5.74, 6) is 2.26. The second-order valence-electron chi connectivity index (χ2n) is 4.62. The highest BCUT2D eigenvalue weighted by Gasteiger charge is 2.27. The van der Waals surface area contributed by atoms with E-state index in [4.69, 9.17) is 4.74 Å². The van der Waals surface area contributed by atoms with E-state index >= 15 is 0 Å². The molecule has 5 heteroatoms. The number of H-pyrrole nitrogens is 1. The van der Waals surface area contributed by atoms with Crippen molar-refractivity contribution in [2.75, 3.05) is 6.61 Å². The summed E-state index contributed by atoms with van der Waals surface area (Å²) < 4.78 is 5.73. The van der Waals surface area contributed by atoms with Crippen LogP contribution in [0.4, 0.5) is 0 Å². The molecule has 0 spiro atoms. The van der Waals surface area contributed by atoms with Gasteiger partial charge in [0.1, 0.15) is 17.9 Å². The van der Waals surface area contributed by atoms with Crippen LogP contribution in [0.1, 0.15) is 24.4 Å². The SMILES string of the molecule is CC1COc2ccccc2C1NCc1ncn[nH]1. The predicted molar refractivity (Wildman–Crippen MR) is 67.1 cm³/mol. The second-order valence-corrected chi connectivity index (χ2v) is 4.62. The Kier molecular flexibility index (Phi) is 2.98. The zero-order valence-electron chi connectivity index (χ0n) is 10.3. The van der Waals surface area contributed by atoms with Gasteiger partial charge in [-0.2, -0.15) is 5.10 Å². The Bertz CT molecular complexity index is 511. The molecule has 0 fully saturated rings. The summed E-state index contributed by atoms with van der Waals surface area (Å²) in [5, 5.41) is 10.2. The molecule has 2 atom stereocenters. The average molecular weight is 244 g/mol. The van der Waals surface area contributed by atoms with Crippen LogP contribution in [0.15, 0.2) is 30.6 Å². The highest BCUT2D eigenvalue weighted by Crippen LogP contribution is 2.34. The van der Waals surface area contributed by atoms with Crippen molar-refractivity contribution in [2.45, 2.75) is 19.5 Å². The largest absolute Gasteiger partial charge is 0.493 e. The van der Waals surface area contributed by atoms with Gasteiger partial charge < -0.3 is 10.1 Å². The molecule has 2 heterocycles. The van der Waals surface area contributed by atoms with Gasteiger partial charge in [0, 0.05) is 17.5 Å². The maximum Gasteiger partial charge on any atom is 0.138 e. The normalized spacial score (nSPS) is 22.3. The van der Waals surface area contributed by atoms with Crippen LogP contribution in [0.3, 0.4) is 0 Å². The molecular weight excluding hydrogens is 228 g/mol. The van der Waals surface area contributed by atoms with Crippen molar-refractivity contribution in [3.05, 3.63) is 42.0 Å². The maximum atomic E-state index is 5.73. The summed E-state index contributed by atoms with van der Waals surface area (Å²) in [6, 6.07) is 8.47.